The number of aromatic nitrogens is 2. The van der Waals surface area contributed by atoms with E-state index in [0.29, 0.717) is 22.5 Å². The largest absolute Gasteiger partial charge is 0.481 e. The molecule has 1 saturated heterocycles. The first-order valence-corrected chi connectivity index (χ1v) is 7.89. The van der Waals surface area contributed by atoms with Crippen LogP contribution in [-0.2, 0) is 4.79 Å². The highest BCUT2D eigenvalue weighted by atomic mass is 19.3. The van der Waals surface area contributed by atoms with E-state index < -0.39 is 18.2 Å². The van der Waals surface area contributed by atoms with Crippen LogP contribution >= 0.6 is 0 Å². The minimum absolute atomic E-state index is 0.434. The van der Waals surface area contributed by atoms with E-state index in [2.05, 4.69) is 9.97 Å². The number of halogens is 2. The van der Waals surface area contributed by atoms with Gasteiger partial charge in [0.25, 0.3) is 12.4 Å². The van der Waals surface area contributed by atoms with Crippen LogP contribution in [0.5, 0.6) is 0 Å². The number of aliphatic carboxylic acids is 1. The zero-order valence-corrected chi connectivity index (χ0v) is 13.6. The summed E-state index contributed by atoms with van der Waals surface area (Å²) < 4.78 is 32.0. The van der Waals surface area contributed by atoms with Gasteiger partial charge in [-0.15, -0.1) is 0 Å². The van der Waals surface area contributed by atoms with Gasteiger partial charge < -0.3 is 14.4 Å². The third kappa shape index (κ3) is 3.52. The van der Waals surface area contributed by atoms with Crippen LogP contribution in [-0.4, -0.2) is 34.1 Å². The monoisotopic (exact) mass is 349 g/mol. The molecule has 0 aliphatic carbocycles. The van der Waals surface area contributed by atoms with E-state index in [1.165, 1.54) is 0 Å². The second-order valence-electron chi connectivity index (χ2n) is 5.70. The minimum Gasteiger partial charge on any atom is -0.481 e. The first-order chi connectivity index (χ1) is 12.0. The van der Waals surface area contributed by atoms with Crippen molar-refractivity contribution in [1.29, 1.82) is 0 Å². The minimum atomic E-state index is -2.69. The van der Waals surface area contributed by atoms with Crippen LogP contribution in [0.25, 0.3) is 22.1 Å². The molecule has 0 atom stereocenters. The summed E-state index contributed by atoms with van der Waals surface area (Å²) in [6, 6.07) is 7.34. The number of anilines is 1. The molecular weight excluding hydrogens is 332 g/mol. The molecular formula is C17H17F2N3O3. The highest BCUT2D eigenvalue weighted by Gasteiger charge is 2.24. The van der Waals surface area contributed by atoms with Crippen molar-refractivity contribution < 1.29 is 23.1 Å². The summed E-state index contributed by atoms with van der Waals surface area (Å²) in [5.74, 6) is -0.778. The van der Waals surface area contributed by atoms with E-state index >= 15 is 0 Å². The Kier molecular flexibility index (Phi) is 4.78. The van der Waals surface area contributed by atoms with Crippen LogP contribution in [0, 0.1) is 0 Å². The molecule has 3 aromatic rings. The first-order valence-electron chi connectivity index (χ1n) is 7.89. The van der Waals surface area contributed by atoms with E-state index in [1.807, 2.05) is 29.2 Å². The van der Waals surface area contributed by atoms with Gasteiger partial charge in [0, 0.05) is 25.4 Å². The van der Waals surface area contributed by atoms with Crippen molar-refractivity contribution in [3.8, 4) is 0 Å². The number of carbonyl (C=O) groups is 1. The molecule has 0 amide bonds. The number of para-hydroxylation sites is 1. The van der Waals surface area contributed by atoms with Crippen molar-refractivity contribution in [3.05, 3.63) is 30.1 Å². The molecule has 4 rings (SSSR count). The van der Waals surface area contributed by atoms with Crippen molar-refractivity contribution in [2.45, 2.75) is 26.2 Å². The number of carboxylic acids is 1. The molecule has 0 bridgehead atoms. The van der Waals surface area contributed by atoms with Gasteiger partial charge >= 0.3 is 0 Å². The highest BCUT2D eigenvalue weighted by molar-refractivity contribution is 6.05. The molecule has 132 valence electrons. The molecule has 6 nitrogen and oxygen atoms in total. The lowest BCUT2D eigenvalue weighted by Crippen LogP contribution is -2.20. The summed E-state index contributed by atoms with van der Waals surface area (Å²) >= 11 is 0. The summed E-state index contributed by atoms with van der Waals surface area (Å²) in [5, 5.41) is 8.16. The van der Waals surface area contributed by atoms with Crippen molar-refractivity contribution in [2.24, 2.45) is 0 Å². The molecule has 1 N–H and O–H groups in total. The zero-order valence-electron chi connectivity index (χ0n) is 13.6. The molecule has 0 saturated carbocycles. The molecule has 1 aliphatic rings. The van der Waals surface area contributed by atoms with Crippen LogP contribution in [0.1, 0.15) is 32.0 Å². The Morgan fingerprint density at radius 2 is 1.88 bits per heavy atom. The molecule has 1 aromatic carbocycles. The molecule has 2 aromatic heterocycles. The van der Waals surface area contributed by atoms with Gasteiger partial charge in [-0.25, -0.2) is 18.7 Å². The predicted molar refractivity (Wildman–Crippen MR) is 89.0 cm³/mol. The fourth-order valence-electron chi connectivity index (χ4n) is 2.83. The maximum Gasteiger partial charge on any atom is 0.300 e. The van der Waals surface area contributed by atoms with Gasteiger partial charge in [0.15, 0.2) is 17.2 Å². The third-order valence-corrected chi connectivity index (χ3v) is 3.82. The van der Waals surface area contributed by atoms with E-state index in [1.54, 1.807) is 0 Å². The maximum absolute atomic E-state index is 13.1. The average Bonchev–Trinajstić information content (AvgIpc) is 3.21. The second-order valence-corrected chi connectivity index (χ2v) is 5.70. The molecule has 0 unspecified atom stereocenters. The summed E-state index contributed by atoms with van der Waals surface area (Å²) in [6.07, 6.45) is -0.615. The Morgan fingerprint density at radius 3 is 2.52 bits per heavy atom. The van der Waals surface area contributed by atoms with Crippen molar-refractivity contribution in [1.82, 2.24) is 9.97 Å². The van der Waals surface area contributed by atoms with Gasteiger partial charge in [-0.2, -0.15) is 0 Å². The average molecular weight is 349 g/mol. The summed E-state index contributed by atoms with van der Waals surface area (Å²) in [6.45, 7) is 2.71. The quantitative estimate of drug-likeness (QED) is 0.753. The zero-order chi connectivity index (χ0) is 18.0. The van der Waals surface area contributed by atoms with Gasteiger partial charge in [0.05, 0.1) is 0 Å². The van der Waals surface area contributed by atoms with Gasteiger partial charge in [0.1, 0.15) is 11.1 Å². The number of hydrogen-bond acceptors (Lipinski definition) is 5. The van der Waals surface area contributed by atoms with Crippen molar-refractivity contribution in [2.75, 3.05) is 18.0 Å². The van der Waals surface area contributed by atoms with E-state index in [-0.39, 0.29) is 0 Å². The van der Waals surface area contributed by atoms with Gasteiger partial charge in [0.2, 0.25) is 0 Å². The van der Waals surface area contributed by atoms with Crippen LogP contribution < -0.4 is 4.90 Å². The predicted octanol–water partition coefficient (Wildman–Crippen LogP) is 4.00. The number of fused-ring (bicyclic) bond motifs is 3. The fourth-order valence-corrected chi connectivity index (χ4v) is 2.83. The molecule has 0 radical (unpaired) electrons. The number of hydrogen-bond donors (Lipinski definition) is 1. The first kappa shape index (κ1) is 17.1. The Hall–Kier alpha value is -2.77. The smallest absolute Gasteiger partial charge is 0.300 e. The Labute approximate surface area is 142 Å². The maximum atomic E-state index is 13.1. The number of furan rings is 1. The third-order valence-electron chi connectivity index (χ3n) is 3.82. The standard InChI is InChI=1S/C15H13F2N3O.C2H4O2/c16-13(17)14-18-11-9-5-1-2-6-10(9)21-12(11)15(19-14)20-7-3-4-8-20;1-2(3)4/h1-2,5-6,13H,3-4,7-8H2;1H3,(H,3,4). The van der Waals surface area contributed by atoms with Gasteiger partial charge in [-0.1, -0.05) is 12.1 Å². The highest BCUT2D eigenvalue weighted by Crippen LogP contribution is 2.35. The van der Waals surface area contributed by atoms with Crippen molar-refractivity contribution in [3.63, 3.8) is 0 Å². The molecule has 3 heterocycles. The Bertz CT molecular complexity index is 901. The van der Waals surface area contributed by atoms with Crippen LogP contribution in [0.4, 0.5) is 14.6 Å². The topological polar surface area (TPSA) is 79.5 Å². The summed E-state index contributed by atoms with van der Waals surface area (Å²) in [7, 11) is 0. The second kappa shape index (κ2) is 7.00. The lowest BCUT2D eigenvalue weighted by Gasteiger charge is -2.16. The van der Waals surface area contributed by atoms with Gasteiger partial charge in [-0.05, 0) is 25.0 Å². The Balaban J connectivity index is 0.000000415. The molecule has 25 heavy (non-hydrogen) atoms. The van der Waals surface area contributed by atoms with Crippen LogP contribution in [0.15, 0.2) is 28.7 Å². The van der Waals surface area contributed by atoms with E-state index in [9.17, 15) is 8.78 Å². The molecule has 1 aliphatic heterocycles. The van der Waals surface area contributed by atoms with Crippen molar-refractivity contribution >= 4 is 33.9 Å². The van der Waals surface area contributed by atoms with Crippen LogP contribution in [0.2, 0.25) is 0 Å². The summed E-state index contributed by atoms with van der Waals surface area (Å²) in [5.41, 5.74) is 1.62. The fraction of sp³-hybridized carbons (Fsp3) is 0.353. The normalized spacial score (nSPS) is 14.2. The lowest BCUT2D eigenvalue weighted by atomic mass is 10.2. The van der Waals surface area contributed by atoms with Crippen LogP contribution in [0.3, 0.4) is 0 Å². The number of carboxylic acid groups (broad SMARTS) is 1. The van der Waals surface area contributed by atoms with Gasteiger partial charge in [-0.3, -0.25) is 4.79 Å². The summed E-state index contributed by atoms with van der Waals surface area (Å²) in [4.78, 5) is 19.1. The lowest BCUT2D eigenvalue weighted by molar-refractivity contribution is -0.134. The number of nitrogens with zero attached hydrogens (tertiary/aromatic N) is 3. The molecule has 1 fully saturated rings. The Morgan fingerprint density at radius 1 is 1.24 bits per heavy atom. The SMILES string of the molecule is CC(=O)O.FC(F)c1nc(N2CCCC2)c2oc3ccccc3c2n1. The number of benzene rings is 1. The molecule has 8 heteroatoms. The molecule has 0 spiro atoms. The van der Waals surface area contributed by atoms with E-state index in [0.717, 1.165) is 38.2 Å². The number of rotatable bonds is 2. The van der Waals surface area contributed by atoms with E-state index in [4.69, 9.17) is 14.3 Å². The number of alkyl halides is 2.